The van der Waals surface area contributed by atoms with Gasteiger partial charge in [0, 0.05) is 16.2 Å². The van der Waals surface area contributed by atoms with E-state index in [-0.39, 0.29) is 17.6 Å². The number of hydrogen-bond donors (Lipinski definition) is 2. The highest BCUT2D eigenvalue weighted by atomic mass is 79.9. The normalized spacial score (nSPS) is 22.9. The van der Waals surface area contributed by atoms with Crippen LogP contribution < -0.4 is 5.32 Å². The smallest absolute Gasteiger partial charge is 0.418 e. The first-order chi connectivity index (χ1) is 9.77. The monoisotopic (exact) mass is 365 g/mol. The van der Waals surface area contributed by atoms with Crippen molar-refractivity contribution in [2.24, 2.45) is 5.92 Å². The number of aliphatic carboxylic acids is 1. The molecule has 0 spiro atoms. The number of nitrogens with one attached hydrogen (secondary N) is 1. The maximum Gasteiger partial charge on any atom is 0.418 e. The van der Waals surface area contributed by atoms with E-state index < -0.39 is 17.7 Å². The van der Waals surface area contributed by atoms with E-state index in [1.54, 1.807) is 0 Å². The summed E-state index contributed by atoms with van der Waals surface area (Å²) in [6.07, 6.45) is -2.33. The van der Waals surface area contributed by atoms with Gasteiger partial charge in [-0.05, 0) is 43.9 Å². The Labute approximate surface area is 128 Å². The second-order valence-corrected chi connectivity index (χ2v) is 6.13. The molecule has 2 rings (SSSR count). The molecular formula is C14H15BrF3NO2. The number of rotatable bonds is 3. The van der Waals surface area contributed by atoms with Crippen LogP contribution in [0.15, 0.2) is 22.7 Å². The molecule has 0 atom stereocenters. The Morgan fingerprint density at radius 1 is 1.24 bits per heavy atom. The summed E-state index contributed by atoms with van der Waals surface area (Å²) in [7, 11) is 0. The lowest BCUT2D eigenvalue weighted by Gasteiger charge is -2.28. The summed E-state index contributed by atoms with van der Waals surface area (Å²) in [5.41, 5.74) is -0.665. The maximum atomic E-state index is 13.0. The van der Waals surface area contributed by atoms with Gasteiger partial charge in [0.05, 0.1) is 11.5 Å². The van der Waals surface area contributed by atoms with E-state index >= 15 is 0 Å². The van der Waals surface area contributed by atoms with E-state index in [1.807, 2.05) is 0 Å². The van der Waals surface area contributed by atoms with E-state index in [2.05, 4.69) is 21.2 Å². The van der Waals surface area contributed by atoms with Gasteiger partial charge in [-0.3, -0.25) is 4.79 Å². The third-order valence-electron chi connectivity index (χ3n) is 3.72. The zero-order valence-electron chi connectivity index (χ0n) is 11.1. The minimum Gasteiger partial charge on any atom is -0.481 e. The van der Waals surface area contributed by atoms with Crippen LogP contribution in [0.1, 0.15) is 31.2 Å². The maximum absolute atomic E-state index is 13.0. The van der Waals surface area contributed by atoms with Gasteiger partial charge < -0.3 is 10.4 Å². The number of carboxylic acid groups (broad SMARTS) is 1. The highest BCUT2D eigenvalue weighted by Crippen LogP contribution is 2.37. The number of benzene rings is 1. The van der Waals surface area contributed by atoms with Crippen LogP contribution in [0.5, 0.6) is 0 Å². The molecule has 1 aliphatic carbocycles. The van der Waals surface area contributed by atoms with Crippen molar-refractivity contribution in [3.05, 3.63) is 28.2 Å². The van der Waals surface area contributed by atoms with Crippen LogP contribution in [0.25, 0.3) is 0 Å². The summed E-state index contributed by atoms with van der Waals surface area (Å²) >= 11 is 3.17. The zero-order chi connectivity index (χ0) is 15.6. The van der Waals surface area contributed by atoms with Crippen LogP contribution in [-0.4, -0.2) is 17.1 Å². The van der Waals surface area contributed by atoms with Crippen molar-refractivity contribution in [2.75, 3.05) is 5.32 Å². The molecule has 0 bridgehead atoms. The van der Waals surface area contributed by atoms with Crippen LogP contribution >= 0.6 is 15.9 Å². The number of carboxylic acids is 1. The summed E-state index contributed by atoms with van der Waals surface area (Å²) in [5.74, 6) is -1.21. The molecule has 1 aromatic rings. The first-order valence-corrected chi connectivity index (χ1v) is 7.43. The third kappa shape index (κ3) is 4.12. The van der Waals surface area contributed by atoms with Crippen molar-refractivity contribution >= 4 is 27.6 Å². The van der Waals surface area contributed by atoms with E-state index in [1.165, 1.54) is 12.1 Å². The molecule has 1 aromatic carbocycles. The SMILES string of the molecule is O=C(O)C1CCC(Nc2cc(Br)ccc2C(F)(F)F)CC1. The lowest BCUT2D eigenvalue weighted by molar-refractivity contribution is -0.142. The third-order valence-corrected chi connectivity index (χ3v) is 4.22. The lowest BCUT2D eigenvalue weighted by Crippen LogP contribution is -2.30. The largest absolute Gasteiger partial charge is 0.481 e. The molecule has 1 saturated carbocycles. The quantitative estimate of drug-likeness (QED) is 0.827. The fourth-order valence-electron chi connectivity index (χ4n) is 2.59. The van der Waals surface area contributed by atoms with Gasteiger partial charge in [0.1, 0.15) is 0 Å². The molecule has 7 heteroatoms. The molecule has 116 valence electrons. The first kappa shape index (κ1) is 16.1. The van der Waals surface area contributed by atoms with Crippen molar-refractivity contribution in [3.8, 4) is 0 Å². The molecule has 1 aliphatic rings. The second-order valence-electron chi connectivity index (χ2n) is 5.22. The molecule has 0 aliphatic heterocycles. The van der Waals surface area contributed by atoms with E-state index in [4.69, 9.17) is 5.11 Å². The van der Waals surface area contributed by atoms with E-state index in [0.29, 0.717) is 30.2 Å². The molecule has 0 radical (unpaired) electrons. The van der Waals surface area contributed by atoms with Crippen molar-refractivity contribution in [1.82, 2.24) is 0 Å². The van der Waals surface area contributed by atoms with Crippen LogP contribution in [0.3, 0.4) is 0 Å². The number of carbonyl (C=O) groups is 1. The molecule has 1 fully saturated rings. The molecule has 0 unspecified atom stereocenters. The Balaban J connectivity index is 2.10. The van der Waals surface area contributed by atoms with Crippen LogP contribution in [-0.2, 0) is 11.0 Å². The van der Waals surface area contributed by atoms with Crippen molar-refractivity contribution < 1.29 is 23.1 Å². The van der Waals surface area contributed by atoms with Gasteiger partial charge in [0.2, 0.25) is 0 Å². The summed E-state index contributed by atoms with van der Waals surface area (Å²) in [4.78, 5) is 10.9. The van der Waals surface area contributed by atoms with Crippen molar-refractivity contribution in [2.45, 2.75) is 37.9 Å². The topological polar surface area (TPSA) is 49.3 Å². The minimum atomic E-state index is -4.42. The molecule has 0 saturated heterocycles. The Morgan fingerprint density at radius 3 is 2.38 bits per heavy atom. The predicted octanol–water partition coefficient (Wildman–Crippen LogP) is 4.52. The molecule has 21 heavy (non-hydrogen) atoms. The first-order valence-electron chi connectivity index (χ1n) is 6.63. The average molecular weight is 366 g/mol. The van der Waals surface area contributed by atoms with Gasteiger partial charge in [-0.1, -0.05) is 15.9 Å². The van der Waals surface area contributed by atoms with Crippen LogP contribution in [0.4, 0.5) is 18.9 Å². The summed E-state index contributed by atoms with van der Waals surface area (Å²) in [6.45, 7) is 0. The number of hydrogen-bond acceptors (Lipinski definition) is 2. The van der Waals surface area contributed by atoms with Crippen LogP contribution in [0, 0.1) is 5.92 Å². The average Bonchev–Trinajstić information content (AvgIpc) is 2.38. The Hall–Kier alpha value is -1.24. The fourth-order valence-corrected chi connectivity index (χ4v) is 2.95. The molecule has 0 aromatic heterocycles. The summed E-state index contributed by atoms with van der Waals surface area (Å²) in [5, 5.41) is 11.8. The van der Waals surface area contributed by atoms with Gasteiger partial charge in [-0.15, -0.1) is 0 Å². The highest BCUT2D eigenvalue weighted by Gasteiger charge is 2.34. The zero-order valence-corrected chi connectivity index (χ0v) is 12.7. The van der Waals surface area contributed by atoms with Crippen LogP contribution in [0.2, 0.25) is 0 Å². The fraction of sp³-hybridized carbons (Fsp3) is 0.500. The second kappa shape index (κ2) is 6.25. The van der Waals surface area contributed by atoms with Gasteiger partial charge in [-0.25, -0.2) is 0 Å². The number of alkyl halides is 3. The molecule has 0 heterocycles. The molecule has 0 amide bonds. The van der Waals surface area contributed by atoms with Crippen molar-refractivity contribution in [3.63, 3.8) is 0 Å². The molecular weight excluding hydrogens is 351 g/mol. The lowest BCUT2D eigenvalue weighted by atomic mass is 9.86. The van der Waals surface area contributed by atoms with Crippen molar-refractivity contribution in [1.29, 1.82) is 0 Å². The Bertz CT molecular complexity index is 525. The van der Waals surface area contributed by atoms with Gasteiger partial charge in [0.15, 0.2) is 0 Å². The highest BCUT2D eigenvalue weighted by molar-refractivity contribution is 9.10. The van der Waals surface area contributed by atoms with Gasteiger partial charge in [0.25, 0.3) is 0 Å². The minimum absolute atomic E-state index is 0.0376. The standard InChI is InChI=1S/C14H15BrF3NO2/c15-9-3-6-11(14(16,17)18)12(7-9)19-10-4-1-8(2-5-10)13(20)21/h3,6-8,10,19H,1-2,4-5H2,(H,20,21). The Kier molecular flexibility index (Phi) is 4.81. The van der Waals surface area contributed by atoms with Gasteiger partial charge in [-0.2, -0.15) is 13.2 Å². The Morgan fingerprint density at radius 2 is 1.86 bits per heavy atom. The van der Waals surface area contributed by atoms with Gasteiger partial charge >= 0.3 is 12.1 Å². The number of anilines is 1. The van der Waals surface area contributed by atoms with E-state index in [0.717, 1.165) is 6.07 Å². The number of halogens is 4. The predicted molar refractivity (Wildman–Crippen MR) is 76.1 cm³/mol. The molecule has 3 nitrogen and oxygen atoms in total. The molecule has 2 N–H and O–H groups in total. The summed E-state index contributed by atoms with van der Waals surface area (Å²) in [6, 6.07) is 3.67. The van der Waals surface area contributed by atoms with E-state index in [9.17, 15) is 18.0 Å². The summed E-state index contributed by atoms with van der Waals surface area (Å²) < 4.78 is 39.5.